The van der Waals surface area contributed by atoms with Crippen molar-refractivity contribution in [1.82, 2.24) is 0 Å². The van der Waals surface area contributed by atoms with Crippen LogP contribution in [0.3, 0.4) is 0 Å². The van der Waals surface area contributed by atoms with E-state index in [0.29, 0.717) is 12.1 Å². The maximum absolute atomic E-state index is 13.0. The third-order valence-corrected chi connectivity index (χ3v) is 3.27. The Labute approximate surface area is 117 Å². The van der Waals surface area contributed by atoms with Gasteiger partial charge >= 0.3 is 12.4 Å². The van der Waals surface area contributed by atoms with Gasteiger partial charge < -0.3 is 10.8 Å². The molecular formula is C13H15F6NO. The summed E-state index contributed by atoms with van der Waals surface area (Å²) in [6.07, 6.45) is -9.85. The fourth-order valence-electron chi connectivity index (χ4n) is 1.77. The van der Waals surface area contributed by atoms with E-state index in [2.05, 4.69) is 0 Å². The molecule has 0 spiro atoms. The highest BCUT2D eigenvalue weighted by Gasteiger charge is 2.41. The van der Waals surface area contributed by atoms with Crippen LogP contribution >= 0.6 is 0 Å². The molecule has 0 aliphatic carbocycles. The Kier molecular flexibility index (Phi) is 4.65. The third kappa shape index (κ3) is 3.88. The van der Waals surface area contributed by atoms with Crippen LogP contribution in [-0.4, -0.2) is 11.7 Å². The van der Waals surface area contributed by atoms with E-state index in [9.17, 15) is 26.3 Å². The summed E-state index contributed by atoms with van der Waals surface area (Å²) >= 11 is 0. The molecule has 0 aliphatic rings. The molecular weight excluding hydrogens is 300 g/mol. The molecule has 0 aromatic heterocycles. The van der Waals surface area contributed by atoms with Gasteiger partial charge in [-0.05, 0) is 17.7 Å². The maximum atomic E-state index is 13.0. The van der Waals surface area contributed by atoms with Crippen LogP contribution < -0.4 is 5.73 Å². The number of aliphatic hydroxyl groups excluding tert-OH is 1. The molecule has 1 atom stereocenters. The van der Waals surface area contributed by atoms with Crippen LogP contribution in [0.25, 0.3) is 0 Å². The summed E-state index contributed by atoms with van der Waals surface area (Å²) in [5.41, 5.74) is 1.28. The summed E-state index contributed by atoms with van der Waals surface area (Å²) < 4.78 is 76.6. The number of aliphatic hydroxyl groups is 1. The molecule has 21 heavy (non-hydrogen) atoms. The Bertz CT molecular complexity index is 506. The average Bonchev–Trinajstić information content (AvgIpc) is 2.35. The molecule has 8 heteroatoms. The average molecular weight is 315 g/mol. The van der Waals surface area contributed by atoms with Crippen LogP contribution in [0.15, 0.2) is 18.2 Å². The molecule has 0 aliphatic heterocycles. The van der Waals surface area contributed by atoms with Gasteiger partial charge in [0.05, 0.1) is 11.1 Å². The molecule has 0 bridgehead atoms. The van der Waals surface area contributed by atoms with Crippen LogP contribution in [-0.2, 0) is 12.4 Å². The van der Waals surface area contributed by atoms with Crippen molar-refractivity contribution in [3.63, 3.8) is 0 Å². The predicted molar refractivity (Wildman–Crippen MR) is 64.2 cm³/mol. The lowest BCUT2D eigenvalue weighted by molar-refractivity contribution is -0.143. The van der Waals surface area contributed by atoms with E-state index in [4.69, 9.17) is 10.8 Å². The van der Waals surface area contributed by atoms with Gasteiger partial charge in [-0.2, -0.15) is 26.3 Å². The van der Waals surface area contributed by atoms with Crippen molar-refractivity contribution >= 4 is 0 Å². The fourth-order valence-corrected chi connectivity index (χ4v) is 1.77. The largest absolute Gasteiger partial charge is 0.416 e. The standard InChI is InChI=1S/C13H15F6NO/c1-11(2,6-21)10(20)8-4-3-7(12(14,15)16)5-9(8)13(17,18)19/h3-5,10,21H,6,20H2,1-2H3/t10-/m1/s1. The monoisotopic (exact) mass is 315 g/mol. The van der Waals surface area contributed by atoms with Crippen molar-refractivity contribution in [2.75, 3.05) is 6.61 Å². The Morgan fingerprint density at radius 1 is 1.05 bits per heavy atom. The van der Waals surface area contributed by atoms with Crippen molar-refractivity contribution < 1.29 is 31.4 Å². The first kappa shape index (κ1) is 17.8. The van der Waals surface area contributed by atoms with E-state index in [1.165, 1.54) is 13.8 Å². The van der Waals surface area contributed by atoms with E-state index in [1.807, 2.05) is 0 Å². The maximum Gasteiger partial charge on any atom is 0.416 e. The van der Waals surface area contributed by atoms with E-state index < -0.39 is 47.1 Å². The lowest BCUT2D eigenvalue weighted by Crippen LogP contribution is -2.34. The van der Waals surface area contributed by atoms with E-state index >= 15 is 0 Å². The van der Waals surface area contributed by atoms with Crippen molar-refractivity contribution in [3.05, 3.63) is 34.9 Å². The first-order valence-electron chi connectivity index (χ1n) is 5.95. The van der Waals surface area contributed by atoms with Crippen molar-refractivity contribution in [1.29, 1.82) is 0 Å². The van der Waals surface area contributed by atoms with E-state index in [1.54, 1.807) is 0 Å². The zero-order valence-electron chi connectivity index (χ0n) is 11.3. The molecule has 2 nitrogen and oxygen atoms in total. The minimum absolute atomic E-state index is 0.0443. The summed E-state index contributed by atoms with van der Waals surface area (Å²) in [4.78, 5) is 0. The van der Waals surface area contributed by atoms with Crippen LogP contribution in [0.2, 0.25) is 0 Å². The summed E-state index contributed by atoms with van der Waals surface area (Å²) in [6, 6.07) is 0.0512. The summed E-state index contributed by atoms with van der Waals surface area (Å²) in [6.45, 7) is 2.34. The fraction of sp³-hybridized carbons (Fsp3) is 0.538. The molecule has 3 N–H and O–H groups in total. The minimum Gasteiger partial charge on any atom is -0.396 e. The first-order chi connectivity index (χ1) is 9.30. The predicted octanol–water partition coefficient (Wildman–Crippen LogP) is 3.74. The quantitative estimate of drug-likeness (QED) is 0.835. The van der Waals surface area contributed by atoms with Crippen molar-refractivity contribution in [3.8, 4) is 0 Å². The zero-order valence-corrected chi connectivity index (χ0v) is 11.3. The molecule has 0 heterocycles. The highest BCUT2D eigenvalue weighted by molar-refractivity contribution is 5.38. The normalized spacial score (nSPS) is 15.1. The summed E-state index contributed by atoms with van der Waals surface area (Å²) in [7, 11) is 0. The van der Waals surface area contributed by atoms with Crippen LogP contribution in [0.5, 0.6) is 0 Å². The van der Waals surface area contributed by atoms with Crippen molar-refractivity contribution in [2.24, 2.45) is 11.1 Å². The number of nitrogens with two attached hydrogens (primary N) is 1. The summed E-state index contributed by atoms with van der Waals surface area (Å²) in [5, 5.41) is 9.16. The highest BCUT2D eigenvalue weighted by atomic mass is 19.4. The molecule has 120 valence electrons. The Balaban J connectivity index is 3.47. The number of rotatable bonds is 3. The SMILES string of the molecule is CC(C)(CO)[C@H](N)c1ccc(C(F)(F)F)cc1C(F)(F)F. The second-order valence-corrected chi connectivity index (χ2v) is 5.42. The van der Waals surface area contributed by atoms with Crippen LogP contribution in [0, 0.1) is 5.41 Å². The van der Waals surface area contributed by atoms with Gasteiger partial charge in [0.15, 0.2) is 0 Å². The van der Waals surface area contributed by atoms with Gasteiger partial charge in [0, 0.05) is 18.1 Å². The van der Waals surface area contributed by atoms with Gasteiger partial charge in [-0.25, -0.2) is 0 Å². The molecule has 0 radical (unpaired) electrons. The number of halogens is 6. The number of alkyl halides is 6. The molecule has 1 aromatic rings. The lowest BCUT2D eigenvalue weighted by atomic mass is 9.80. The molecule has 1 rings (SSSR count). The smallest absolute Gasteiger partial charge is 0.396 e. The number of hydrogen-bond acceptors (Lipinski definition) is 2. The number of benzene rings is 1. The molecule has 0 unspecified atom stereocenters. The highest BCUT2D eigenvalue weighted by Crippen LogP contribution is 2.42. The molecule has 0 saturated carbocycles. The van der Waals surface area contributed by atoms with Gasteiger partial charge in [0.1, 0.15) is 0 Å². The Morgan fingerprint density at radius 3 is 1.95 bits per heavy atom. The molecule has 0 saturated heterocycles. The topological polar surface area (TPSA) is 46.2 Å². The van der Waals surface area contributed by atoms with E-state index in [-0.39, 0.29) is 6.07 Å². The van der Waals surface area contributed by atoms with Gasteiger partial charge in [-0.3, -0.25) is 0 Å². The minimum atomic E-state index is -4.97. The van der Waals surface area contributed by atoms with Gasteiger partial charge in [-0.1, -0.05) is 19.9 Å². The second-order valence-electron chi connectivity index (χ2n) is 5.42. The van der Waals surface area contributed by atoms with Crippen molar-refractivity contribution in [2.45, 2.75) is 32.2 Å². The first-order valence-corrected chi connectivity index (χ1v) is 5.95. The molecule has 0 amide bonds. The van der Waals surface area contributed by atoms with E-state index in [0.717, 1.165) is 0 Å². The molecule has 0 fully saturated rings. The van der Waals surface area contributed by atoms with Crippen LogP contribution in [0.1, 0.15) is 36.6 Å². The Morgan fingerprint density at radius 2 is 1.57 bits per heavy atom. The van der Waals surface area contributed by atoms with Crippen LogP contribution in [0.4, 0.5) is 26.3 Å². The second kappa shape index (κ2) is 5.49. The van der Waals surface area contributed by atoms with Gasteiger partial charge in [0.25, 0.3) is 0 Å². The van der Waals surface area contributed by atoms with Gasteiger partial charge in [0.2, 0.25) is 0 Å². The van der Waals surface area contributed by atoms with Gasteiger partial charge in [-0.15, -0.1) is 0 Å². The molecule has 1 aromatic carbocycles. The lowest BCUT2D eigenvalue weighted by Gasteiger charge is -2.31. The summed E-state index contributed by atoms with van der Waals surface area (Å²) in [5.74, 6) is 0. The Hall–Kier alpha value is -1.28. The third-order valence-electron chi connectivity index (χ3n) is 3.27. The number of hydrogen-bond donors (Lipinski definition) is 2. The zero-order chi connectivity index (χ0) is 16.6.